The average molecular weight is 257 g/mol. The summed E-state index contributed by atoms with van der Waals surface area (Å²) in [7, 11) is 0. The van der Waals surface area contributed by atoms with Crippen molar-refractivity contribution in [2.75, 3.05) is 5.75 Å². The lowest BCUT2D eigenvalue weighted by Gasteiger charge is -2.03. The van der Waals surface area contributed by atoms with Gasteiger partial charge in [-0.3, -0.25) is 0 Å². The Morgan fingerprint density at radius 3 is 2.75 bits per heavy atom. The average Bonchev–Trinajstić information content (AvgIpc) is 2.25. The molecule has 0 N–H and O–H groups in total. The standard InChI is InChI=1S/C13H17ClOS/c1-11(15)6-4-5-9-16-10-12-7-2-3-8-13(12)14/h2-3,7-8H,4-6,9-10H2,1H3. The molecule has 3 heteroatoms. The number of carbonyl (C=O) groups is 1. The molecule has 0 heterocycles. The van der Waals surface area contributed by atoms with Crippen LogP contribution in [-0.4, -0.2) is 11.5 Å². The van der Waals surface area contributed by atoms with Gasteiger partial charge in [0.25, 0.3) is 0 Å². The summed E-state index contributed by atoms with van der Waals surface area (Å²) in [6.45, 7) is 1.65. The Morgan fingerprint density at radius 2 is 2.06 bits per heavy atom. The van der Waals surface area contributed by atoms with Crippen molar-refractivity contribution in [1.82, 2.24) is 0 Å². The molecule has 0 bridgehead atoms. The van der Waals surface area contributed by atoms with Gasteiger partial charge in [0.05, 0.1) is 0 Å². The van der Waals surface area contributed by atoms with Gasteiger partial charge in [0.1, 0.15) is 5.78 Å². The van der Waals surface area contributed by atoms with Crippen LogP contribution in [0.1, 0.15) is 31.7 Å². The molecule has 88 valence electrons. The second-order valence-electron chi connectivity index (χ2n) is 3.80. The van der Waals surface area contributed by atoms with Crippen LogP contribution in [0.3, 0.4) is 0 Å². The summed E-state index contributed by atoms with van der Waals surface area (Å²) in [6.07, 6.45) is 2.83. The normalized spacial score (nSPS) is 10.4. The van der Waals surface area contributed by atoms with E-state index in [1.807, 2.05) is 30.0 Å². The first-order chi connectivity index (χ1) is 7.70. The third-order valence-electron chi connectivity index (χ3n) is 2.28. The molecule has 0 unspecified atom stereocenters. The molecule has 1 aromatic rings. The van der Waals surface area contributed by atoms with E-state index in [0.29, 0.717) is 6.42 Å². The van der Waals surface area contributed by atoms with Crippen molar-refractivity contribution >= 4 is 29.1 Å². The molecule has 1 rings (SSSR count). The molecule has 0 fully saturated rings. The maximum Gasteiger partial charge on any atom is 0.129 e. The van der Waals surface area contributed by atoms with E-state index in [9.17, 15) is 4.79 Å². The van der Waals surface area contributed by atoms with Crippen LogP contribution in [0, 0.1) is 0 Å². The van der Waals surface area contributed by atoms with E-state index in [0.717, 1.165) is 29.4 Å². The van der Waals surface area contributed by atoms with Gasteiger partial charge >= 0.3 is 0 Å². The van der Waals surface area contributed by atoms with Gasteiger partial charge < -0.3 is 4.79 Å². The molecule has 0 aliphatic carbocycles. The van der Waals surface area contributed by atoms with Crippen molar-refractivity contribution in [2.45, 2.75) is 31.9 Å². The first kappa shape index (κ1) is 13.6. The third kappa shape index (κ3) is 5.57. The van der Waals surface area contributed by atoms with Crippen molar-refractivity contribution in [3.8, 4) is 0 Å². The summed E-state index contributed by atoms with van der Waals surface area (Å²) in [5.41, 5.74) is 1.20. The lowest BCUT2D eigenvalue weighted by Crippen LogP contribution is -1.91. The van der Waals surface area contributed by atoms with Crippen molar-refractivity contribution < 1.29 is 4.79 Å². The predicted octanol–water partition coefficient (Wildman–Crippen LogP) is 4.33. The fourth-order valence-electron chi connectivity index (χ4n) is 1.38. The summed E-state index contributed by atoms with van der Waals surface area (Å²) in [6, 6.07) is 7.94. The molecule has 0 atom stereocenters. The fraction of sp³-hybridized carbons (Fsp3) is 0.462. The highest BCUT2D eigenvalue weighted by atomic mass is 35.5. The van der Waals surface area contributed by atoms with Crippen molar-refractivity contribution in [3.05, 3.63) is 34.9 Å². The van der Waals surface area contributed by atoms with Gasteiger partial charge in [-0.15, -0.1) is 0 Å². The third-order valence-corrected chi connectivity index (χ3v) is 3.74. The van der Waals surface area contributed by atoms with Crippen LogP contribution in [0.25, 0.3) is 0 Å². The molecule has 1 aromatic carbocycles. The Labute approximate surface area is 107 Å². The zero-order chi connectivity index (χ0) is 11.8. The summed E-state index contributed by atoms with van der Waals surface area (Å²) in [4.78, 5) is 10.7. The summed E-state index contributed by atoms with van der Waals surface area (Å²) >= 11 is 7.92. The van der Waals surface area contributed by atoms with Crippen LogP contribution in [-0.2, 0) is 10.5 Å². The van der Waals surface area contributed by atoms with Crippen molar-refractivity contribution in [1.29, 1.82) is 0 Å². The van der Waals surface area contributed by atoms with Gasteiger partial charge in [0, 0.05) is 17.2 Å². The largest absolute Gasteiger partial charge is 0.300 e. The number of ketones is 1. The van der Waals surface area contributed by atoms with E-state index >= 15 is 0 Å². The molecule has 0 spiro atoms. The predicted molar refractivity (Wildman–Crippen MR) is 72.1 cm³/mol. The molecular formula is C13H17ClOS. The molecule has 16 heavy (non-hydrogen) atoms. The Hall–Kier alpha value is -0.470. The minimum absolute atomic E-state index is 0.288. The number of unbranched alkanes of at least 4 members (excludes halogenated alkanes) is 1. The number of rotatable bonds is 7. The van der Waals surface area contributed by atoms with Gasteiger partial charge in [-0.25, -0.2) is 0 Å². The van der Waals surface area contributed by atoms with Gasteiger partial charge in [0.15, 0.2) is 0 Å². The number of hydrogen-bond acceptors (Lipinski definition) is 2. The second kappa shape index (κ2) is 7.75. The van der Waals surface area contributed by atoms with E-state index in [4.69, 9.17) is 11.6 Å². The monoisotopic (exact) mass is 256 g/mol. The highest BCUT2D eigenvalue weighted by molar-refractivity contribution is 7.98. The highest BCUT2D eigenvalue weighted by Crippen LogP contribution is 2.21. The first-order valence-electron chi connectivity index (χ1n) is 5.50. The molecule has 0 saturated heterocycles. The SMILES string of the molecule is CC(=O)CCCCSCc1ccccc1Cl. The van der Waals surface area contributed by atoms with Gasteiger partial charge in [-0.2, -0.15) is 11.8 Å². The first-order valence-corrected chi connectivity index (χ1v) is 7.04. The highest BCUT2D eigenvalue weighted by Gasteiger charge is 1.99. The molecule has 0 saturated carbocycles. The van der Waals surface area contributed by atoms with Crippen LogP contribution in [0.15, 0.2) is 24.3 Å². The number of halogens is 1. The minimum Gasteiger partial charge on any atom is -0.300 e. The van der Waals surface area contributed by atoms with Crippen LogP contribution in [0.5, 0.6) is 0 Å². The molecule has 0 aliphatic heterocycles. The fourth-order valence-corrected chi connectivity index (χ4v) is 2.68. The molecule has 0 aromatic heterocycles. The maximum absolute atomic E-state index is 10.7. The van der Waals surface area contributed by atoms with E-state index in [1.165, 1.54) is 5.56 Å². The second-order valence-corrected chi connectivity index (χ2v) is 5.32. The van der Waals surface area contributed by atoms with Crippen LogP contribution >= 0.6 is 23.4 Å². The van der Waals surface area contributed by atoms with E-state index < -0.39 is 0 Å². The molecule has 0 aliphatic rings. The van der Waals surface area contributed by atoms with E-state index in [2.05, 4.69) is 6.07 Å². The van der Waals surface area contributed by atoms with Crippen molar-refractivity contribution in [2.24, 2.45) is 0 Å². The van der Waals surface area contributed by atoms with Crippen LogP contribution in [0.2, 0.25) is 5.02 Å². The molecular weight excluding hydrogens is 240 g/mol. The Bertz CT molecular complexity index is 338. The minimum atomic E-state index is 0.288. The molecule has 1 nitrogen and oxygen atoms in total. The van der Waals surface area contributed by atoms with Gasteiger partial charge in [-0.1, -0.05) is 29.8 Å². The molecule has 0 radical (unpaired) electrons. The number of Topliss-reactive ketones (excluding diaryl/α,β-unsaturated/α-hetero) is 1. The Balaban J connectivity index is 2.12. The smallest absolute Gasteiger partial charge is 0.129 e. The number of carbonyl (C=O) groups excluding carboxylic acids is 1. The zero-order valence-corrected chi connectivity index (χ0v) is 11.1. The maximum atomic E-state index is 10.7. The van der Waals surface area contributed by atoms with Gasteiger partial charge in [-0.05, 0) is 37.1 Å². The van der Waals surface area contributed by atoms with Crippen LogP contribution in [0.4, 0.5) is 0 Å². The molecule has 0 amide bonds. The van der Waals surface area contributed by atoms with E-state index in [1.54, 1.807) is 6.92 Å². The van der Waals surface area contributed by atoms with Crippen LogP contribution < -0.4 is 0 Å². The Morgan fingerprint density at radius 1 is 1.31 bits per heavy atom. The van der Waals surface area contributed by atoms with E-state index in [-0.39, 0.29) is 5.78 Å². The lowest BCUT2D eigenvalue weighted by atomic mass is 10.2. The summed E-state index contributed by atoms with van der Waals surface area (Å²) in [5.74, 6) is 2.34. The number of benzene rings is 1. The summed E-state index contributed by atoms with van der Waals surface area (Å²) < 4.78 is 0. The number of thioether (sulfide) groups is 1. The topological polar surface area (TPSA) is 17.1 Å². The van der Waals surface area contributed by atoms with Crippen molar-refractivity contribution in [3.63, 3.8) is 0 Å². The Kier molecular flexibility index (Phi) is 6.58. The zero-order valence-electron chi connectivity index (χ0n) is 9.54. The lowest BCUT2D eigenvalue weighted by molar-refractivity contribution is -0.117. The quantitative estimate of drug-likeness (QED) is 0.676. The summed E-state index contributed by atoms with van der Waals surface area (Å²) in [5, 5.41) is 0.846. The van der Waals surface area contributed by atoms with Gasteiger partial charge in [0.2, 0.25) is 0 Å². The number of hydrogen-bond donors (Lipinski definition) is 0.